The minimum Gasteiger partial charge on any atom is -0.396 e. The Morgan fingerprint density at radius 3 is 2.89 bits per heavy atom. The van der Waals surface area contributed by atoms with Crippen LogP contribution in [0.4, 0.5) is 0 Å². The molecule has 2 N–H and O–H groups in total. The second-order valence-electron chi connectivity index (χ2n) is 4.72. The van der Waals surface area contributed by atoms with Crippen LogP contribution in [0.5, 0.6) is 0 Å². The van der Waals surface area contributed by atoms with Crippen molar-refractivity contribution in [2.75, 3.05) is 6.61 Å². The van der Waals surface area contributed by atoms with Gasteiger partial charge in [0.15, 0.2) is 0 Å². The molecule has 0 radical (unpaired) electrons. The number of pyridine rings is 1. The maximum atomic E-state index is 12.2. The number of carbonyl (C=O) groups excluding carboxylic acids is 1. The first kappa shape index (κ1) is 13.5. The normalized spacial score (nSPS) is 12.4. The van der Waals surface area contributed by atoms with Crippen molar-refractivity contribution in [3.63, 3.8) is 0 Å². The van der Waals surface area contributed by atoms with Gasteiger partial charge in [0.05, 0.1) is 11.1 Å². The summed E-state index contributed by atoms with van der Waals surface area (Å²) in [7, 11) is 0. The highest BCUT2D eigenvalue weighted by molar-refractivity contribution is 6.05. The van der Waals surface area contributed by atoms with E-state index in [0.29, 0.717) is 12.0 Å². The molecule has 0 aliphatic carbocycles. The average Bonchev–Trinajstić information content (AvgIpc) is 2.38. The van der Waals surface area contributed by atoms with Gasteiger partial charge in [-0.25, -0.2) is 0 Å². The predicted octanol–water partition coefficient (Wildman–Crippen LogP) is 2.04. The molecule has 1 amide bonds. The fourth-order valence-corrected chi connectivity index (χ4v) is 2.00. The van der Waals surface area contributed by atoms with Gasteiger partial charge in [0, 0.05) is 23.7 Å². The molecule has 0 fully saturated rings. The third kappa shape index (κ3) is 3.09. The van der Waals surface area contributed by atoms with Crippen LogP contribution in [0, 0.1) is 6.92 Å². The fraction of sp³-hybridized carbons (Fsp3) is 0.333. The number of aryl methyl sites for hydroxylation is 1. The van der Waals surface area contributed by atoms with E-state index in [4.69, 9.17) is 5.11 Å². The Kier molecular flexibility index (Phi) is 4.12. The zero-order chi connectivity index (χ0) is 13.8. The Bertz CT molecular complexity index is 596. The van der Waals surface area contributed by atoms with Gasteiger partial charge in [0.1, 0.15) is 0 Å². The zero-order valence-corrected chi connectivity index (χ0v) is 11.2. The van der Waals surface area contributed by atoms with Gasteiger partial charge >= 0.3 is 0 Å². The van der Waals surface area contributed by atoms with Crippen molar-refractivity contribution >= 4 is 16.8 Å². The van der Waals surface area contributed by atoms with Crippen LogP contribution in [-0.2, 0) is 0 Å². The molecule has 1 aromatic heterocycles. The first-order valence-electron chi connectivity index (χ1n) is 6.40. The highest BCUT2D eigenvalue weighted by atomic mass is 16.3. The molecule has 0 spiro atoms. The summed E-state index contributed by atoms with van der Waals surface area (Å²) in [5.74, 6) is -0.148. The van der Waals surface area contributed by atoms with Crippen molar-refractivity contribution in [1.29, 1.82) is 0 Å². The summed E-state index contributed by atoms with van der Waals surface area (Å²) in [6.07, 6.45) is 0.545. The monoisotopic (exact) mass is 258 g/mol. The number of fused-ring (bicyclic) bond motifs is 1. The van der Waals surface area contributed by atoms with E-state index in [1.807, 2.05) is 38.1 Å². The first-order valence-corrected chi connectivity index (χ1v) is 6.40. The molecule has 0 aliphatic heterocycles. The number of hydrogen-bond acceptors (Lipinski definition) is 3. The Morgan fingerprint density at radius 2 is 2.16 bits per heavy atom. The number of amides is 1. The first-order chi connectivity index (χ1) is 9.11. The highest BCUT2D eigenvalue weighted by Crippen LogP contribution is 2.17. The van der Waals surface area contributed by atoms with Crippen molar-refractivity contribution in [2.45, 2.75) is 26.3 Å². The number of aliphatic hydroxyl groups excluding tert-OH is 1. The summed E-state index contributed by atoms with van der Waals surface area (Å²) in [5, 5.41) is 12.7. The molecule has 19 heavy (non-hydrogen) atoms. The fourth-order valence-electron chi connectivity index (χ4n) is 2.00. The van der Waals surface area contributed by atoms with Crippen molar-refractivity contribution in [1.82, 2.24) is 10.3 Å². The smallest absolute Gasteiger partial charge is 0.253 e. The number of aromatic nitrogens is 1. The molecule has 4 heteroatoms. The molecule has 4 nitrogen and oxygen atoms in total. The van der Waals surface area contributed by atoms with Gasteiger partial charge in [-0.1, -0.05) is 18.2 Å². The van der Waals surface area contributed by atoms with Gasteiger partial charge in [-0.2, -0.15) is 0 Å². The maximum Gasteiger partial charge on any atom is 0.253 e. The lowest BCUT2D eigenvalue weighted by Crippen LogP contribution is -2.33. The molecule has 100 valence electrons. The number of carbonyl (C=O) groups is 1. The van der Waals surface area contributed by atoms with Gasteiger partial charge in [0.25, 0.3) is 5.91 Å². The number of rotatable bonds is 4. The van der Waals surface area contributed by atoms with Crippen LogP contribution in [-0.4, -0.2) is 28.6 Å². The number of nitrogens with one attached hydrogen (secondary N) is 1. The van der Waals surface area contributed by atoms with E-state index in [2.05, 4.69) is 10.3 Å². The lowest BCUT2D eigenvalue weighted by molar-refractivity contribution is 0.0936. The molecule has 0 saturated carbocycles. The van der Waals surface area contributed by atoms with E-state index >= 15 is 0 Å². The molecular formula is C15H18N2O2. The molecule has 0 bridgehead atoms. The third-order valence-electron chi connectivity index (χ3n) is 3.04. The van der Waals surface area contributed by atoms with Crippen LogP contribution in [0.1, 0.15) is 29.4 Å². The predicted molar refractivity (Wildman–Crippen MR) is 75.1 cm³/mol. The summed E-state index contributed by atoms with van der Waals surface area (Å²) < 4.78 is 0. The van der Waals surface area contributed by atoms with Crippen molar-refractivity contribution < 1.29 is 9.90 Å². The second-order valence-corrected chi connectivity index (χ2v) is 4.72. The van der Waals surface area contributed by atoms with Gasteiger partial charge in [-0.05, 0) is 32.4 Å². The summed E-state index contributed by atoms with van der Waals surface area (Å²) in [5.41, 5.74) is 2.18. The van der Waals surface area contributed by atoms with Gasteiger partial charge in [0.2, 0.25) is 0 Å². The zero-order valence-electron chi connectivity index (χ0n) is 11.2. The molecule has 1 unspecified atom stereocenters. The molecule has 2 rings (SSSR count). The standard InChI is InChI=1S/C15H18N2O2/c1-10-6-7-12-4-3-5-13(14(12)16-10)15(19)17-11(2)8-9-18/h3-7,11,18H,8-9H2,1-2H3,(H,17,19). The summed E-state index contributed by atoms with van der Waals surface area (Å²) >= 11 is 0. The van der Waals surface area contributed by atoms with Gasteiger partial charge in [-0.3, -0.25) is 9.78 Å². The van der Waals surface area contributed by atoms with Gasteiger partial charge in [-0.15, -0.1) is 0 Å². The van der Waals surface area contributed by atoms with Crippen molar-refractivity contribution in [3.8, 4) is 0 Å². The minimum absolute atomic E-state index is 0.0578. The topological polar surface area (TPSA) is 62.2 Å². The Balaban J connectivity index is 2.34. The molecule has 2 aromatic rings. The van der Waals surface area contributed by atoms with Crippen LogP contribution >= 0.6 is 0 Å². The van der Waals surface area contributed by atoms with Crippen LogP contribution in [0.15, 0.2) is 30.3 Å². The number of benzene rings is 1. The SMILES string of the molecule is Cc1ccc2cccc(C(=O)NC(C)CCO)c2n1. The maximum absolute atomic E-state index is 12.2. The van der Waals surface area contributed by atoms with E-state index in [9.17, 15) is 4.79 Å². The lowest BCUT2D eigenvalue weighted by Gasteiger charge is -2.13. The summed E-state index contributed by atoms with van der Waals surface area (Å²) in [4.78, 5) is 16.7. The largest absolute Gasteiger partial charge is 0.396 e. The Labute approximate surface area is 112 Å². The molecule has 1 aromatic carbocycles. The molecule has 1 heterocycles. The summed E-state index contributed by atoms with van der Waals surface area (Å²) in [6.45, 7) is 3.84. The highest BCUT2D eigenvalue weighted by Gasteiger charge is 2.13. The quantitative estimate of drug-likeness (QED) is 0.882. The third-order valence-corrected chi connectivity index (χ3v) is 3.04. The minimum atomic E-state index is -0.148. The van der Waals surface area contributed by atoms with Crippen LogP contribution in [0.2, 0.25) is 0 Å². The van der Waals surface area contributed by atoms with Crippen molar-refractivity contribution in [2.24, 2.45) is 0 Å². The lowest BCUT2D eigenvalue weighted by atomic mass is 10.1. The molecular weight excluding hydrogens is 240 g/mol. The van der Waals surface area contributed by atoms with E-state index < -0.39 is 0 Å². The Morgan fingerprint density at radius 1 is 1.37 bits per heavy atom. The van der Waals surface area contributed by atoms with Gasteiger partial charge < -0.3 is 10.4 Å². The molecule has 1 atom stereocenters. The second kappa shape index (κ2) is 5.80. The molecule has 0 aliphatic rings. The van der Waals surface area contributed by atoms with Crippen LogP contribution in [0.3, 0.4) is 0 Å². The number of aliphatic hydroxyl groups is 1. The molecule has 0 saturated heterocycles. The number of nitrogens with zero attached hydrogens (tertiary/aromatic N) is 1. The average molecular weight is 258 g/mol. The van der Waals surface area contributed by atoms with E-state index in [-0.39, 0.29) is 18.6 Å². The number of hydrogen-bond donors (Lipinski definition) is 2. The van der Waals surface area contributed by atoms with Crippen LogP contribution in [0.25, 0.3) is 10.9 Å². The van der Waals surface area contributed by atoms with Crippen molar-refractivity contribution in [3.05, 3.63) is 41.6 Å². The summed E-state index contributed by atoms with van der Waals surface area (Å²) in [6, 6.07) is 9.40. The number of para-hydroxylation sites is 1. The van der Waals surface area contributed by atoms with E-state index in [0.717, 1.165) is 16.6 Å². The van der Waals surface area contributed by atoms with E-state index in [1.54, 1.807) is 6.07 Å². The van der Waals surface area contributed by atoms with Crippen LogP contribution < -0.4 is 5.32 Å². The van der Waals surface area contributed by atoms with E-state index in [1.165, 1.54) is 0 Å². The Hall–Kier alpha value is -1.94.